The van der Waals surface area contributed by atoms with Crippen molar-refractivity contribution in [2.24, 2.45) is 0 Å². The highest BCUT2D eigenvalue weighted by Crippen LogP contribution is 2.21. The van der Waals surface area contributed by atoms with Crippen molar-refractivity contribution in [2.75, 3.05) is 10.6 Å². The third kappa shape index (κ3) is 6.14. The molecule has 1 aromatic heterocycles. The molecule has 0 bridgehead atoms. The van der Waals surface area contributed by atoms with E-state index in [1.54, 1.807) is 18.3 Å². The summed E-state index contributed by atoms with van der Waals surface area (Å²) in [6.07, 6.45) is 9.36. The number of aryl methyl sites for hydroxylation is 1. The first-order valence-electron chi connectivity index (χ1n) is 9.49. The zero-order valence-electron chi connectivity index (χ0n) is 16.6. The predicted molar refractivity (Wildman–Crippen MR) is 120 cm³/mol. The molecule has 2 N–H and O–H groups in total. The third-order valence-corrected chi connectivity index (χ3v) is 4.16. The van der Waals surface area contributed by atoms with Crippen molar-refractivity contribution in [3.8, 4) is 0 Å². The summed E-state index contributed by atoms with van der Waals surface area (Å²) in [5, 5.41) is 6.54. The molecule has 3 aromatic rings. The van der Waals surface area contributed by atoms with Crippen LogP contribution in [0.2, 0.25) is 0 Å². The third-order valence-electron chi connectivity index (χ3n) is 4.16. The summed E-state index contributed by atoms with van der Waals surface area (Å²) >= 11 is 0. The van der Waals surface area contributed by atoms with Crippen LogP contribution in [0.1, 0.15) is 24.5 Å². The fraction of sp³-hybridized carbons (Fsp3) is 0.125. The average molecular weight is 384 g/mol. The second kappa shape index (κ2) is 9.99. The van der Waals surface area contributed by atoms with Crippen molar-refractivity contribution < 1.29 is 4.79 Å². The Hall–Kier alpha value is -3.73. The highest BCUT2D eigenvalue weighted by molar-refractivity contribution is 5.91. The first kappa shape index (κ1) is 20.0. The Morgan fingerprint density at radius 1 is 1.00 bits per heavy atom. The van der Waals surface area contributed by atoms with E-state index in [0.717, 1.165) is 28.3 Å². The Labute approximate surface area is 171 Å². The Bertz CT molecular complexity index is 1010. The standard InChI is InChI=1S/C24H24N4O/c1-3-8-22(29)12-7-9-19-13-15-21(16-14-19)26-23-18(2)17-25-24(28-23)27-20-10-5-4-6-11-20/h3-11,13-17H,12H2,1-2H3,(H2,25,26,27,28)/b8-3+,9-7+. The Balaban J connectivity index is 1.66. The quantitative estimate of drug-likeness (QED) is 0.479. The second-order valence-corrected chi connectivity index (χ2v) is 6.54. The van der Waals surface area contributed by atoms with Gasteiger partial charge < -0.3 is 10.6 Å². The van der Waals surface area contributed by atoms with Gasteiger partial charge in [-0.1, -0.05) is 48.6 Å². The number of para-hydroxylation sites is 1. The topological polar surface area (TPSA) is 66.9 Å². The summed E-state index contributed by atoms with van der Waals surface area (Å²) in [5.41, 5.74) is 3.86. The molecule has 0 aliphatic heterocycles. The summed E-state index contributed by atoms with van der Waals surface area (Å²) in [6, 6.07) is 17.8. The molecule has 2 aromatic carbocycles. The van der Waals surface area contributed by atoms with Crippen LogP contribution in [0.3, 0.4) is 0 Å². The molecule has 1 heterocycles. The van der Waals surface area contributed by atoms with Crippen LogP contribution in [-0.2, 0) is 4.79 Å². The van der Waals surface area contributed by atoms with Crippen LogP contribution < -0.4 is 10.6 Å². The molecule has 0 saturated heterocycles. The monoisotopic (exact) mass is 384 g/mol. The summed E-state index contributed by atoms with van der Waals surface area (Å²) in [7, 11) is 0. The van der Waals surface area contributed by atoms with Gasteiger partial charge in [-0.05, 0) is 49.8 Å². The minimum atomic E-state index is 0.0983. The van der Waals surface area contributed by atoms with E-state index in [1.165, 1.54) is 0 Å². The van der Waals surface area contributed by atoms with Gasteiger partial charge in [0.05, 0.1) is 0 Å². The number of carbonyl (C=O) groups excluding carboxylic acids is 1. The molecule has 3 rings (SSSR count). The fourth-order valence-electron chi connectivity index (χ4n) is 2.66. The first-order chi connectivity index (χ1) is 14.1. The highest BCUT2D eigenvalue weighted by Gasteiger charge is 2.05. The van der Waals surface area contributed by atoms with E-state index in [9.17, 15) is 4.79 Å². The number of rotatable bonds is 8. The van der Waals surface area contributed by atoms with Gasteiger partial charge in [0.2, 0.25) is 5.95 Å². The van der Waals surface area contributed by atoms with E-state index in [1.807, 2.05) is 80.6 Å². The van der Waals surface area contributed by atoms with Crippen LogP contribution in [-0.4, -0.2) is 15.8 Å². The number of aromatic nitrogens is 2. The molecule has 146 valence electrons. The number of carbonyl (C=O) groups is 1. The van der Waals surface area contributed by atoms with Crippen LogP contribution in [0.15, 0.2) is 79.0 Å². The summed E-state index contributed by atoms with van der Waals surface area (Å²) in [5.74, 6) is 1.38. The van der Waals surface area contributed by atoms with Crippen molar-refractivity contribution in [1.82, 2.24) is 9.97 Å². The maximum atomic E-state index is 11.5. The van der Waals surface area contributed by atoms with E-state index >= 15 is 0 Å². The van der Waals surface area contributed by atoms with Crippen molar-refractivity contribution >= 4 is 35.0 Å². The SMILES string of the molecule is C/C=C/C(=O)C/C=C/c1ccc(Nc2nc(Nc3ccccc3)ncc2C)cc1. The Kier molecular flexibility index (Phi) is 6.90. The summed E-state index contributed by atoms with van der Waals surface area (Å²) < 4.78 is 0. The van der Waals surface area contributed by atoms with E-state index in [2.05, 4.69) is 20.6 Å². The van der Waals surface area contributed by atoms with E-state index in [4.69, 9.17) is 0 Å². The zero-order valence-corrected chi connectivity index (χ0v) is 16.6. The first-order valence-corrected chi connectivity index (χ1v) is 9.49. The molecule has 0 radical (unpaired) electrons. The van der Waals surface area contributed by atoms with Gasteiger partial charge in [0.15, 0.2) is 5.78 Å². The summed E-state index contributed by atoms with van der Waals surface area (Å²) in [6.45, 7) is 3.81. The van der Waals surface area contributed by atoms with Crippen molar-refractivity contribution in [2.45, 2.75) is 20.3 Å². The Morgan fingerprint density at radius 3 is 2.45 bits per heavy atom. The van der Waals surface area contributed by atoms with Gasteiger partial charge >= 0.3 is 0 Å². The lowest BCUT2D eigenvalue weighted by Crippen LogP contribution is -2.02. The number of nitrogens with one attached hydrogen (secondary N) is 2. The van der Waals surface area contributed by atoms with Crippen molar-refractivity contribution in [1.29, 1.82) is 0 Å². The van der Waals surface area contributed by atoms with Gasteiger partial charge in [-0.25, -0.2) is 4.98 Å². The average Bonchev–Trinajstić information content (AvgIpc) is 2.73. The van der Waals surface area contributed by atoms with Gasteiger partial charge in [-0.2, -0.15) is 4.98 Å². The number of anilines is 4. The van der Waals surface area contributed by atoms with Gasteiger partial charge in [0.1, 0.15) is 5.82 Å². The van der Waals surface area contributed by atoms with Gasteiger partial charge in [-0.15, -0.1) is 0 Å². The van der Waals surface area contributed by atoms with E-state index in [-0.39, 0.29) is 5.78 Å². The number of allylic oxidation sites excluding steroid dienone is 3. The highest BCUT2D eigenvalue weighted by atomic mass is 16.1. The molecule has 0 unspecified atom stereocenters. The largest absolute Gasteiger partial charge is 0.340 e. The fourth-order valence-corrected chi connectivity index (χ4v) is 2.66. The van der Waals surface area contributed by atoms with E-state index in [0.29, 0.717) is 12.4 Å². The zero-order chi connectivity index (χ0) is 20.5. The molecule has 0 aliphatic carbocycles. The molecule has 0 aliphatic rings. The lowest BCUT2D eigenvalue weighted by molar-refractivity contribution is -0.113. The normalized spacial score (nSPS) is 11.1. The minimum absolute atomic E-state index is 0.0983. The molecule has 0 atom stereocenters. The van der Waals surface area contributed by atoms with Crippen molar-refractivity contribution in [3.05, 3.63) is 90.1 Å². The van der Waals surface area contributed by atoms with Gasteiger partial charge in [-0.3, -0.25) is 4.79 Å². The molecule has 0 fully saturated rings. The van der Waals surface area contributed by atoms with Crippen LogP contribution in [0, 0.1) is 6.92 Å². The second-order valence-electron chi connectivity index (χ2n) is 6.54. The lowest BCUT2D eigenvalue weighted by Gasteiger charge is -2.11. The molecule has 0 spiro atoms. The minimum Gasteiger partial charge on any atom is -0.340 e. The molecule has 5 nitrogen and oxygen atoms in total. The Morgan fingerprint density at radius 2 is 1.72 bits per heavy atom. The number of ketones is 1. The van der Waals surface area contributed by atoms with Crippen LogP contribution in [0.25, 0.3) is 6.08 Å². The smallest absolute Gasteiger partial charge is 0.229 e. The molecular formula is C24H24N4O. The lowest BCUT2D eigenvalue weighted by atomic mass is 10.1. The maximum Gasteiger partial charge on any atom is 0.229 e. The molecule has 29 heavy (non-hydrogen) atoms. The number of hydrogen-bond donors (Lipinski definition) is 2. The molecule has 5 heteroatoms. The van der Waals surface area contributed by atoms with E-state index < -0.39 is 0 Å². The molecule has 0 saturated carbocycles. The van der Waals surface area contributed by atoms with Crippen LogP contribution in [0.5, 0.6) is 0 Å². The van der Waals surface area contributed by atoms with Gasteiger partial charge in [0.25, 0.3) is 0 Å². The predicted octanol–water partition coefficient (Wildman–Crippen LogP) is 5.82. The maximum absolute atomic E-state index is 11.5. The molecular weight excluding hydrogens is 360 g/mol. The molecule has 0 amide bonds. The number of benzene rings is 2. The number of hydrogen-bond acceptors (Lipinski definition) is 5. The van der Waals surface area contributed by atoms with Crippen LogP contribution in [0.4, 0.5) is 23.1 Å². The van der Waals surface area contributed by atoms with Gasteiger partial charge in [0, 0.05) is 29.6 Å². The summed E-state index contributed by atoms with van der Waals surface area (Å²) in [4.78, 5) is 20.4. The number of nitrogens with zero attached hydrogens (tertiary/aromatic N) is 2. The van der Waals surface area contributed by atoms with Crippen molar-refractivity contribution in [3.63, 3.8) is 0 Å². The van der Waals surface area contributed by atoms with Crippen LogP contribution >= 0.6 is 0 Å².